The lowest BCUT2D eigenvalue weighted by atomic mass is 10.0. The zero-order valence-corrected chi connectivity index (χ0v) is 12.7. The van der Waals surface area contributed by atoms with E-state index < -0.39 is 12.0 Å². The first-order valence-corrected chi connectivity index (χ1v) is 7.28. The van der Waals surface area contributed by atoms with Crippen LogP contribution < -0.4 is 5.32 Å². The molecule has 1 heterocycles. The maximum Gasteiger partial charge on any atom is 0.326 e. The van der Waals surface area contributed by atoms with Crippen molar-refractivity contribution >= 4 is 35.1 Å². The van der Waals surface area contributed by atoms with Crippen molar-refractivity contribution < 1.29 is 19.4 Å². The molecule has 1 aliphatic rings. The Kier molecular flexibility index (Phi) is 5.45. The predicted octanol–water partition coefficient (Wildman–Crippen LogP) is 2.14. The number of amides is 1. The summed E-state index contributed by atoms with van der Waals surface area (Å²) in [7, 11) is 0. The molecule has 1 saturated heterocycles. The van der Waals surface area contributed by atoms with Gasteiger partial charge in [-0.05, 0) is 24.1 Å². The lowest BCUT2D eigenvalue weighted by Gasteiger charge is -2.17. The summed E-state index contributed by atoms with van der Waals surface area (Å²) in [5.74, 6) is -1.69. The van der Waals surface area contributed by atoms with Crippen molar-refractivity contribution in [3.05, 3.63) is 33.8 Å². The van der Waals surface area contributed by atoms with Gasteiger partial charge in [0.05, 0.1) is 12.5 Å². The van der Waals surface area contributed by atoms with Crippen LogP contribution in [0.4, 0.5) is 0 Å². The number of hydrogen-bond donors (Lipinski definition) is 2. The Hall–Kier alpha value is -1.30. The van der Waals surface area contributed by atoms with E-state index in [-0.39, 0.29) is 18.2 Å². The number of carbonyl (C=O) groups excluding carboxylic acids is 1. The van der Waals surface area contributed by atoms with Gasteiger partial charge in [0, 0.05) is 23.1 Å². The second-order valence-electron chi connectivity index (χ2n) is 4.90. The molecular formula is C14H15Cl2NO4. The summed E-state index contributed by atoms with van der Waals surface area (Å²) in [6.07, 6.45) is 0.713. The second kappa shape index (κ2) is 7.11. The average Bonchev–Trinajstić information content (AvgIpc) is 2.94. The number of carboxylic acid groups (broad SMARTS) is 1. The summed E-state index contributed by atoms with van der Waals surface area (Å²) in [4.78, 5) is 23.3. The second-order valence-corrected chi connectivity index (χ2v) is 5.74. The lowest BCUT2D eigenvalue weighted by Crippen LogP contribution is -2.45. The highest BCUT2D eigenvalue weighted by atomic mass is 35.5. The third-order valence-electron chi connectivity index (χ3n) is 3.35. The minimum atomic E-state index is -1.10. The molecule has 0 aliphatic carbocycles. The summed E-state index contributed by atoms with van der Waals surface area (Å²) < 4.78 is 5.13. The molecule has 0 radical (unpaired) electrons. The molecule has 1 aliphatic heterocycles. The summed E-state index contributed by atoms with van der Waals surface area (Å²) in [6, 6.07) is 3.81. The van der Waals surface area contributed by atoms with E-state index in [0.29, 0.717) is 35.2 Å². The molecule has 0 bridgehead atoms. The molecule has 0 spiro atoms. The Morgan fingerprint density at radius 1 is 1.43 bits per heavy atom. The van der Waals surface area contributed by atoms with Gasteiger partial charge in [0.15, 0.2) is 0 Å². The van der Waals surface area contributed by atoms with Crippen LogP contribution in [0.1, 0.15) is 12.0 Å². The smallest absolute Gasteiger partial charge is 0.326 e. The maximum atomic E-state index is 12.0. The zero-order valence-electron chi connectivity index (χ0n) is 11.1. The van der Waals surface area contributed by atoms with Gasteiger partial charge in [0.1, 0.15) is 6.04 Å². The Morgan fingerprint density at radius 3 is 2.76 bits per heavy atom. The number of rotatable bonds is 5. The van der Waals surface area contributed by atoms with Crippen LogP contribution in [0.15, 0.2) is 18.2 Å². The lowest BCUT2D eigenvalue weighted by molar-refractivity contribution is -0.142. The fourth-order valence-corrected chi connectivity index (χ4v) is 2.62. The van der Waals surface area contributed by atoms with Gasteiger partial charge in [-0.1, -0.05) is 29.3 Å². The van der Waals surface area contributed by atoms with E-state index in [2.05, 4.69) is 5.32 Å². The van der Waals surface area contributed by atoms with Gasteiger partial charge in [-0.15, -0.1) is 0 Å². The van der Waals surface area contributed by atoms with Gasteiger partial charge in [0.2, 0.25) is 5.91 Å². The molecule has 1 fully saturated rings. The number of carbonyl (C=O) groups is 2. The van der Waals surface area contributed by atoms with E-state index in [0.717, 1.165) is 0 Å². The van der Waals surface area contributed by atoms with Crippen molar-refractivity contribution in [1.82, 2.24) is 5.32 Å². The molecule has 21 heavy (non-hydrogen) atoms. The van der Waals surface area contributed by atoms with Crippen LogP contribution in [0.2, 0.25) is 10.0 Å². The number of ether oxygens (including phenoxy) is 1. The predicted molar refractivity (Wildman–Crippen MR) is 78.7 cm³/mol. The van der Waals surface area contributed by atoms with Crippen molar-refractivity contribution in [3.63, 3.8) is 0 Å². The van der Waals surface area contributed by atoms with Crippen LogP contribution in [0.3, 0.4) is 0 Å². The Balaban J connectivity index is 2.04. The fourth-order valence-electron chi connectivity index (χ4n) is 2.14. The SMILES string of the molecule is O=C(N[C@H](Cc1ccc(Cl)cc1Cl)C(=O)O)[C@@H]1CCOC1. The minimum Gasteiger partial charge on any atom is -0.480 e. The highest BCUT2D eigenvalue weighted by Gasteiger charge is 2.28. The molecule has 7 heteroatoms. The van der Waals surface area contributed by atoms with Gasteiger partial charge in [-0.25, -0.2) is 4.79 Å². The first-order chi connectivity index (χ1) is 9.97. The average molecular weight is 332 g/mol. The fraction of sp³-hybridized carbons (Fsp3) is 0.429. The molecule has 0 saturated carbocycles. The number of halogens is 2. The van der Waals surface area contributed by atoms with Crippen LogP contribution in [0, 0.1) is 5.92 Å². The molecule has 2 rings (SSSR count). The van der Waals surface area contributed by atoms with Crippen molar-refractivity contribution in [3.8, 4) is 0 Å². The molecule has 0 aromatic heterocycles. The van der Waals surface area contributed by atoms with Crippen molar-refractivity contribution in [2.75, 3.05) is 13.2 Å². The summed E-state index contributed by atoms with van der Waals surface area (Å²) >= 11 is 11.8. The van der Waals surface area contributed by atoms with Crippen molar-refractivity contribution in [2.24, 2.45) is 5.92 Å². The van der Waals surface area contributed by atoms with Crippen LogP contribution in [-0.4, -0.2) is 36.2 Å². The number of carboxylic acids is 1. The molecule has 1 aromatic carbocycles. The van der Waals surface area contributed by atoms with Crippen LogP contribution in [0.25, 0.3) is 0 Å². The van der Waals surface area contributed by atoms with Gasteiger partial charge in [0.25, 0.3) is 0 Å². The topological polar surface area (TPSA) is 75.6 Å². The monoisotopic (exact) mass is 331 g/mol. The van der Waals surface area contributed by atoms with E-state index in [1.54, 1.807) is 18.2 Å². The molecule has 0 unspecified atom stereocenters. The van der Waals surface area contributed by atoms with Crippen LogP contribution in [-0.2, 0) is 20.7 Å². The first-order valence-electron chi connectivity index (χ1n) is 6.52. The number of benzene rings is 1. The Morgan fingerprint density at radius 2 is 2.19 bits per heavy atom. The first kappa shape index (κ1) is 16.1. The highest BCUT2D eigenvalue weighted by Crippen LogP contribution is 2.22. The summed E-state index contributed by atoms with van der Waals surface area (Å²) in [6.45, 7) is 0.860. The van der Waals surface area contributed by atoms with Crippen LogP contribution >= 0.6 is 23.2 Å². The summed E-state index contributed by atoms with van der Waals surface area (Å²) in [5.41, 5.74) is 0.622. The standard InChI is InChI=1S/C14H15Cl2NO4/c15-10-2-1-8(11(16)6-10)5-12(14(19)20)17-13(18)9-3-4-21-7-9/h1-2,6,9,12H,3-5,7H2,(H,17,18)(H,19,20)/t9-,12-/m1/s1. The van der Waals surface area contributed by atoms with E-state index in [4.69, 9.17) is 27.9 Å². The summed E-state index contributed by atoms with van der Waals surface area (Å²) in [5, 5.41) is 12.7. The molecule has 1 amide bonds. The van der Waals surface area contributed by atoms with Gasteiger partial charge in [-0.2, -0.15) is 0 Å². The van der Waals surface area contributed by atoms with E-state index in [1.807, 2.05) is 0 Å². The molecule has 2 atom stereocenters. The number of aliphatic carboxylic acids is 1. The van der Waals surface area contributed by atoms with Gasteiger partial charge in [-0.3, -0.25) is 4.79 Å². The molecule has 114 valence electrons. The largest absolute Gasteiger partial charge is 0.480 e. The van der Waals surface area contributed by atoms with E-state index in [1.165, 1.54) is 0 Å². The van der Waals surface area contributed by atoms with Crippen molar-refractivity contribution in [2.45, 2.75) is 18.9 Å². The van der Waals surface area contributed by atoms with Crippen LogP contribution in [0.5, 0.6) is 0 Å². The van der Waals surface area contributed by atoms with Crippen molar-refractivity contribution in [1.29, 1.82) is 0 Å². The van der Waals surface area contributed by atoms with E-state index >= 15 is 0 Å². The minimum absolute atomic E-state index is 0.102. The normalized spacial score (nSPS) is 19.2. The zero-order chi connectivity index (χ0) is 15.4. The molecule has 5 nitrogen and oxygen atoms in total. The molecule has 1 aromatic rings. The van der Waals surface area contributed by atoms with E-state index in [9.17, 15) is 14.7 Å². The maximum absolute atomic E-state index is 12.0. The van der Waals surface area contributed by atoms with Gasteiger partial charge >= 0.3 is 5.97 Å². The third kappa shape index (κ3) is 4.33. The highest BCUT2D eigenvalue weighted by molar-refractivity contribution is 6.35. The van der Waals surface area contributed by atoms with Gasteiger partial charge < -0.3 is 15.2 Å². The number of nitrogens with one attached hydrogen (secondary N) is 1. The molecule has 2 N–H and O–H groups in total. The Bertz CT molecular complexity index is 544. The Labute approximate surface area is 132 Å². The quantitative estimate of drug-likeness (QED) is 0.866. The third-order valence-corrected chi connectivity index (χ3v) is 3.94. The molecular weight excluding hydrogens is 317 g/mol. The number of hydrogen-bond acceptors (Lipinski definition) is 3.